The van der Waals surface area contributed by atoms with Crippen LogP contribution < -0.4 is 10.0 Å². The third-order valence-corrected chi connectivity index (χ3v) is 5.70. The second-order valence-corrected chi connectivity index (χ2v) is 8.48. The first-order chi connectivity index (χ1) is 13.8. The Balaban J connectivity index is 1.77. The molecule has 160 valence electrons. The molecule has 1 atom stereocenters. The standard InChI is InChI=1S/C18H25N3O7S/c1-13-11-21(6-9-27-13)17(22)12-28-18(23)15-10-14(29(19,24)25)2-3-16(15)20-4-7-26-8-5-20/h2-3,10,13H,4-9,11-12H2,1H3,(H2,19,24,25). The summed E-state index contributed by atoms with van der Waals surface area (Å²) in [7, 11) is -4.00. The van der Waals surface area contributed by atoms with E-state index in [1.54, 1.807) is 4.90 Å². The molecular formula is C18H25N3O7S. The minimum Gasteiger partial charge on any atom is -0.452 e. The first-order valence-corrected chi connectivity index (χ1v) is 10.9. The summed E-state index contributed by atoms with van der Waals surface area (Å²) in [4.78, 5) is 28.3. The van der Waals surface area contributed by atoms with Crippen LogP contribution in [0.2, 0.25) is 0 Å². The molecule has 1 aromatic carbocycles. The van der Waals surface area contributed by atoms with Crippen molar-refractivity contribution in [2.24, 2.45) is 5.14 Å². The molecule has 2 aliphatic rings. The molecule has 0 saturated carbocycles. The molecule has 0 aliphatic carbocycles. The van der Waals surface area contributed by atoms with Crippen molar-refractivity contribution in [3.63, 3.8) is 0 Å². The number of nitrogens with two attached hydrogens (primary N) is 1. The Hall–Kier alpha value is -2.21. The zero-order chi connectivity index (χ0) is 21.0. The minimum atomic E-state index is -4.00. The van der Waals surface area contributed by atoms with E-state index in [4.69, 9.17) is 19.3 Å². The highest BCUT2D eigenvalue weighted by molar-refractivity contribution is 7.89. The van der Waals surface area contributed by atoms with Gasteiger partial charge in [-0.15, -0.1) is 0 Å². The first-order valence-electron chi connectivity index (χ1n) is 9.32. The lowest BCUT2D eigenvalue weighted by molar-refractivity contribution is -0.141. The van der Waals surface area contributed by atoms with E-state index in [0.29, 0.717) is 51.7 Å². The van der Waals surface area contributed by atoms with Crippen LogP contribution in [0.3, 0.4) is 0 Å². The third-order valence-electron chi connectivity index (χ3n) is 4.79. The van der Waals surface area contributed by atoms with E-state index in [-0.39, 0.29) is 22.5 Å². The van der Waals surface area contributed by atoms with Crippen LogP contribution in [0.5, 0.6) is 0 Å². The summed E-state index contributed by atoms with van der Waals surface area (Å²) < 4.78 is 39.4. The second-order valence-electron chi connectivity index (χ2n) is 6.92. The molecule has 11 heteroatoms. The van der Waals surface area contributed by atoms with Crippen LogP contribution in [0.1, 0.15) is 17.3 Å². The molecule has 0 aromatic heterocycles. The molecule has 2 heterocycles. The topological polar surface area (TPSA) is 128 Å². The summed E-state index contributed by atoms with van der Waals surface area (Å²) in [6.07, 6.45) is -0.0808. The summed E-state index contributed by atoms with van der Waals surface area (Å²) in [5, 5.41) is 5.20. The number of rotatable bonds is 5. The maximum absolute atomic E-state index is 12.7. The molecule has 0 radical (unpaired) electrons. The van der Waals surface area contributed by atoms with Gasteiger partial charge in [-0.25, -0.2) is 18.4 Å². The smallest absolute Gasteiger partial charge is 0.340 e. The second kappa shape index (κ2) is 9.08. The van der Waals surface area contributed by atoms with E-state index < -0.39 is 22.6 Å². The van der Waals surface area contributed by atoms with Crippen molar-refractivity contribution in [2.45, 2.75) is 17.9 Å². The number of amides is 1. The average Bonchev–Trinajstić information content (AvgIpc) is 2.71. The van der Waals surface area contributed by atoms with Crippen LogP contribution >= 0.6 is 0 Å². The van der Waals surface area contributed by atoms with E-state index in [9.17, 15) is 18.0 Å². The molecule has 1 amide bonds. The van der Waals surface area contributed by atoms with Gasteiger partial charge in [-0.1, -0.05) is 0 Å². The Morgan fingerprint density at radius 1 is 1.21 bits per heavy atom. The number of carbonyl (C=O) groups is 2. The monoisotopic (exact) mass is 427 g/mol. The number of ether oxygens (including phenoxy) is 3. The Labute approximate surface area is 169 Å². The summed E-state index contributed by atoms with van der Waals surface area (Å²) >= 11 is 0. The van der Waals surface area contributed by atoms with Crippen LogP contribution in [0.4, 0.5) is 5.69 Å². The largest absolute Gasteiger partial charge is 0.452 e. The van der Waals surface area contributed by atoms with E-state index in [1.807, 2.05) is 11.8 Å². The Bertz CT molecular complexity index is 868. The fraction of sp³-hybridized carbons (Fsp3) is 0.556. The summed E-state index contributed by atoms with van der Waals surface area (Å²) in [6, 6.07) is 4.05. The van der Waals surface area contributed by atoms with Gasteiger partial charge in [-0.3, -0.25) is 4.79 Å². The van der Waals surface area contributed by atoms with Gasteiger partial charge in [-0.2, -0.15) is 0 Å². The molecular weight excluding hydrogens is 402 g/mol. The lowest BCUT2D eigenvalue weighted by atomic mass is 10.1. The van der Waals surface area contributed by atoms with Crippen LogP contribution in [0.15, 0.2) is 23.1 Å². The molecule has 2 N–H and O–H groups in total. The molecule has 0 bridgehead atoms. The zero-order valence-electron chi connectivity index (χ0n) is 16.2. The van der Waals surface area contributed by atoms with Gasteiger partial charge in [0.15, 0.2) is 6.61 Å². The highest BCUT2D eigenvalue weighted by atomic mass is 32.2. The fourth-order valence-corrected chi connectivity index (χ4v) is 3.82. The van der Waals surface area contributed by atoms with Crippen molar-refractivity contribution in [1.29, 1.82) is 0 Å². The van der Waals surface area contributed by atoms with Crippen molar-refractivity contribution in [3.8, 4) is 0 Å². The van der Waals surface area contributed by atoms with Gasteiger partial charge in [0.2, 0.25) is 10.0 Å². The normalized spacial score (nSPS) is 20.4. The quantitative estimate of drug-likeness (QED) is 0.627. The molecule has 2 aliphatic heterocycles. The number of primary sulfonamides is 1. The Morgan fingerprint density at radius 2 is 1.93 bits per heavy atom. The molecule has 0 spiro atoms. The molecule has 10 nitrogen and oxygen atoms in total. The fourth-order valence-electron chi connectivity index (χ4n) is 3.28. The first kappa shape index (κ1) is 21.5. The van der Waals surface area contributed by atoms with Crippen LogP contribution in [-0.4, -0.2) is 83.9 Å². The maximum Gasteiger partial charge on any atom is 0.340 e. The van der Waals surface area contributed by atoms with Gasteiger partial charge in [0.25, 0.3) is 5.91 Å². The van der Waals surface area contributed by atoms with E-state index >= 15 is 0 Å². The molecule has 1 unspecified atom stereocenters. The number of sulfonamides is 1. The SMILES string of the molecule is CC1CN(C(=O)COC(=O)c2cc(S(N)(=O)=O)ccc2N2CCOCC2)CCO1. The van der Waals surface area contributed by atoms with Gasteiger partial charge in [0, 0.05) is 26.2 Å². The zero-order valence-corrected chi connectivity index (χ0v) is 17.0. The van der Waals surface area contributed by atoms with Crippen LogP contribution in [0, 0.1) is 0 Å². The lowest BCUT2D eigenvalue weighted by Gasteiger charge is -2.31. The van der Waals surface area contributed by atoms with Crippen molar-refractivity contribution in [2.75, 3.05) is 57.5 Å². The number of nitrogens with zero attached hydrogens (tertiary/aromatic N) is 2. The average molecular weight is 427 g/mol. The number of hydrogen-bond donors (Lipinski definition) is 1. The predicted molar refractivity (Wildman–Crippen MR) is 103 cm³/mol. The van der Waals surface area contributed by atoms with E-state index in [0.717, 1.165) is 0 Å². The molecule has 1 aromatic rings. The molecule has 2 fully saturated rings. The van der Waals surface area contributed by atoms with Crippen molar-refractivity contribution in [1.82, 2.24) is 4.90 Å². The third kappa shape index (κ3) is 5.44. The molecule has 3 rings (SSSR count). The maximum atomic E-state index is 12.7. The van der Waals surface area contributed by atoms with Gasteiger partial charge in [-0.05, 0) is 25.1 Å². The van der Waals surface area contributed by atoms with Gasteiger partial charge in [0.1, 0.15) is 0 Å². The summed E-state index contributed by atoms with van der Waals surface area (Å²) in [5.41, 5.74) is 0.555. The number of hydrogen-bond acceptors (Lipinski definition) is 8. The highest BCUT2D eigenvalue weighted by Gasteiger charge is 2.25. The van der Waals surface area contributed by atoms with E-state index in [1.165, 1.54) is 18.2 Å². The minimum absolute atomic E-state index is 0.0431. The van der Waals surface area contributed by atoms with Crippen LogP contribution in [-0.2, 0) is 29.0 Å². The predicted octanol–water partition coefficient (Wildman–Crippen LogP) is -0.425. The highest BCUT2D eigenvalue weighted by Crippen LogP contribution is 2.25. The number of benzene rings is 1. The van der Waals surface area contributed by atoms with Crippen molar-refractivity contribution in [3.05, 3.63) is 23.8 Å². The number of morpholine rings is 2. The molecule has 29 heavy (non-hydrogen) atoms. The number of anilines is 1. The summed E-state index contributed by atoms with van der Waals surface area (Å²) in [5.74, 6) is -1.12. The van der Waals surface area contributed by atoms with Gasteiger partial charge >= 0.3 is 5.97 Å². The Morgan fingerprint density at radius 3 is 2.59 bits per heavy atom. The van der Waals surface area contributed by atoms with Crippen molar-refractivity contribution < 1.29 is 32.2 Å². The summed E-state index contributed by atoms with van der Waals surface area (Å²) in [6.45, 7) is 4.76. The van der Waals surface area contributed by atoms with Gasteiger partial charge in [0.05, 0.1) is 42.1 Å². The number of esters is 1. The molecule has 2 saturated heterocycles. The van der Waals surface area contributed by atoms with E-state index in [2.05, 4.69) is 0 Å². The van der Waals surface area contributed by atoms with Crippen LogP contribution in [0.25, 0.3) is 0 Å². The van der Waals surface area contributed by atoms with Crippen molar-refractivity contribution >= 4 is 27.6 Å². The number of carbonyl (C=O) groups excluding carboxylic acids is 2. The lowest BCUT2D eigenvalue weighted by Crippen LogP contribution is -2.46. The van der Waals surface area contributed by atoms with Gasteiger partial charge < -0.3 is 24.0 Å². The Kier molecular flexibility index (Phi) is 6.73.